The molecule has 0 amide bonds. The lowest BCUT2D eigenvalue weighted by Gasteiger charge is -2.19. The first kappa shape index (κ1) is 27.8. The van der Waals surface area contributed by atoms with Crippen LogP contribution in [0, 0.1) is 11.8 Å². The van der Waals surface area contributed by atoms with Gasteiger partial charge in [0.25, 0.3) is 5.56 Å². The molecule has 1 aromatic rings. The van der Waals surface area contributed by atoms with E-state index >= 15 is 0 Å². The molecule has 0 radical (unpaired) electrons. The predicted molar refractivity (Wildman–Crippen MR) is 106 cm³/mol. The number of aliphatic hydroxyl groups is 1. The highest BCUT2D eigenvalue weighted by Gasteiger charge is 2.43. The van der Waals surface area contributed by atoms with E-state index in [4.69, 9.17) is 19.4 Å². The number of phosphoric ester groups is 1. The van der Waals surface area contributed by atoms with E-state index < -0.39 is 59.8 Å². The van der Waals surface area contributed by atoms with E-state index in [1.54, 1.807) is 7.05 Å². The Morgan fingerprint density at radius 1 is 1.21 bits per heavy atom. The van der Waals surface area contributed by atoms with Crippen LogP contribution in [0.3, 0.4) is 0 Å². The molecule has 7 N–H and O–H groups in total. The minimum absolute atomic E-state index is 0.0698. The van der Waals surface area contributed by atoms with Crippen molar-refractivity contribution >= 4 is 23.5 Å². The number of aromatic amines is 1. The number of ether oxygens (including phenoxy) is 1. The Balaban J connectivity index is 2.09. The van der Waals surface area contributed by atoms with Crippen LogP contribution in [0.15, 0.2) is 15.8 Å². The van der Waals surface area contributed by atoms with Crippen LogP contribution in [-0.4, -0.2) is 66.6 Å². The average molecular weight is 535 g/mol. The highest BCUT2D eigenvalue weighted by atomic mass is 31.3. The van der Waals surface area contributed by atoms with Crippen molar-refractivity contribution in [1.82, 2.24) is 14.9 Å². The van der Waals surface area contributed by atoms with E-state index in [0.29, 0.717) is 0 Å². The third-order valence-corrected chi connectivity index (χ3v) is 7.59. The summed E-state index contributed by atoms with van der Waals surface area (Å²) in [5.41, 5.74) is -1.70. The molecule has 5 atom stereocenters. The zero-order valence-electron chi connectivity index (χ0n) is 16.6. The summed E-state index contributed by atoms with van der Waals surface area (Å²) in [6.45, 7) is -0.645. The highest BCUT2D eigenvalue weighted by molar-refractivity contribution is 7.66. The minimum Gasteiger partial charge on any atom is -0.390 e. The van der Waals surface area contributed by atoms with Gasteiger partial charge in [-0.1, -0.05) is 11.8 Å². The molecule has 1 saturated heterocycles. The van der Waals surface area contributed by atoms with Crippen molar-refractivity contribution in [3.8, 4) is 11.8 Å². The number of rotatable bonds is 9. The normalized spacial score (nSPS) is 24.5. The van der Waals surface area contributed by atoms with Crippen molar-refractivity contribution in [3.63, 3.8) is 0 Å². The van der Waals surface area contributed by atoms with Gasteiger partial charge in [-0.2, -0.15) is 8.62 Å². The summed E-state index contributed by atoms with van der Waals surface area (Å²) >= 11 is 0. The van der Waals surface area contributed by atoms with E-state index in [-0.39, 0.29) is 18.5 Å². The first-order valence-electron chi connectivity index (χ1n) is 8.73. The molecule has 0 saturated carbocycles. The van der Waals surface area contributed by atoms with Gasteiger partial charge in [-0.3, -0.25) is 18.9 Å². The fourth-order valence-corrected chi connectivity index (χ4v) is 5.55. The Bertz CT molecular complexity index is 1180. The molecule has 1 aliphatic heterocycles. The van der Waals surface area contributed by atoms with E-state index in [1.807, 2.05) is 4.98 Å². The molecular formula is C13H20N3O14P3. The molecule has 0 aliphatic carbocycles. The molecule has 3 unspecified atom stereocenters. The molecule has 0 aromatic carbocycles. The Morgan fingerprint density at radius 2 is 1.88 bits per heavy atom. The second kappa shape index (κ2) is 10.9. The molecule has 2 rings (SSSR count). The Labute approximate surface area is 184 Å². The van der Waals surface area contributed by atoms with Gasteiger partial charge in [0.1, 0.15) is 17.9 Å². The van der Waals surface area contributed by atoms with Crippen molar-refractivity contribution in [2.45, 2.75) is 24.9 Å². The second-order valence-corrected chi connectivity index (χ2v) is 10.8. The zero-order valence-corrected chi connectivity index (χ0v) is 19.3. The molecule has 0 bridgehead atoms. The van der Waals surface area contributed by atoms with Crippen LogP contribution >= 0.6 is 23.5 Å². The van der Waals surface area contributed by atoms with Crippen LogP contribution in [0.2, 0.25) is 0 Å². The number of aliphatic hydroxyl groups excluding tert-OH is 1. The molecular weight excluding hydrogens is 515 g/mol. The Morgan fingerprint density at radius 3 is 2.48 bits per heavy atom. The quantitative estimate of drug-likeness (QED) is 0.135. The maximum absolute atomic E-state index is 12.1. The molecule has 186 valence electrons. The second-order valence-electron chi connectivity index (χ2n) is 6.36. The van der Waals surface area contributed by atoms with Gasteiger partial charge in [-0.05, 0) is 7.05 Å². The number of hydrogen-bond donors (Lipinski definition) is 7. The summed E-state index contributed by atoms with van der Waals surface area (Å²) in [7, 11) is -15.0. The third-order valence-electron chi connectivity index (χ3n) is 3.79. The fraction of sp³-hybridized carbons (Fsp3) is 0.538. The Kier molecular flexibility index (Phi) is 9.13. The number of H-pyrrole nitrogens is 1. The summed E-state index contributed by atoms with van der Waals surface area (Å²) in [6.07, 6.45) is -2.98. The SMILES string of the molecule is CNCC#Cc1cn([C@H]2CC(O)[C@@H](COP(=O)(O)OP(=O)(O)OP(=O)(O)O)O2)c(=O)[nH]c1=O. The number of phosphoric acid groups is 3. The van der Waals surface area contributed by atoms with Gasteiger partial charge in [-0.15, -0.1) is 0 Å². The van der Waals surface area contributed by atoms with Crippen LogP contribution in [0.5, 0.6) is 0 Å². The zero-order chi connectivity index (χ0) is 25.0. The summed E-state index contributed by atoms with van der Waals surface area (Å²) in [5, 5.41) is 12.9. The van der Waals surface area contributed by atoms with Gasteiger partial charge < -0.3 is 34.7 Å². The standard InChI is InChI=1S/C13H20N3O14P3/c1-14-4-2-3-8-6-16(13(19)15-12(8)18)11-5-9(17)10(28-11)7-27-32(23,24)30-33(25,26)29-31(20,21)22/h6,9-11,14,17H,4-5,7H2,1H3,(H,23,24)(H,25,26)(H,15,18,19)(H2,20,21,22)/t9?,10-,11-/m1/s1. The first-order valence-corrected chi connectivity index (χ1v) is 13.3. The van der Waals surface area contributed by atoms with Gasteiger partial charge in [0, 0.05) is 12.6 Å². The van der Waals surface area contributed by atoms with Crippen molar-refractivity contribution in [3.05, 3.63) is 32.6 Å². The summed E-state index contributed by atoms with van der Waals surface area (Å²) in [4.78, 5) is 61.6. The lowest BCUT2D eigenvalue weighted by Crippen LogP contribution is -2.33. The lowest BCUT2D eigenvalue weighted by atomic mass is 10.2. The maximum atomic E-state index is 12.1. The summed E-state index contributed by atoms with van der Waals surface area (Å²) in [6, 6.07) is 0. The van der Waals surface area contributed by atoms with E-state index in [9.17, 15) is 33.3 Å². The molecule has 2 heterocycles. The van der Waals surface area contributed by atoms with Gasteiger partial charge >= 0.3 is 29.2 Å². The van der Waals surface area contributed by atoms with Gasteiger partial charge in [0.15, 0.2) is 0 Å². The van der Waals surface area contributed by atoms with Crippen LogP contribution in [0.4, 0.5) is 0 Å². The molecule has 0 spiro atoms. The van der Waals surface area contributed by atoms with Crippen molar-refractivity contribution in [2.24, 2.45) is 0 Å². The molecule has 17 nitrogen and oxygen atoms in total. The van der Waals surface area contributed by atoms with Crippen LogP contribution < -0.4 is 16.6 Å². The van der Waals surface area contributed by atoms with Crippen molar-refractivity contribution < 1.29 is 56.3 Å². The molecule has 1 fully saturated rings. The van der Waals surface area contributed by atoms with E-state index in [0.717, 1.165) is 10.8 Å². The van der Waals surface area contributed by atoms with E-state index in [1.165, 1.54) is 0 Å². The van der Waals surface area contributed by atoms with Crippen molar-refractivity contribution in [2.75, 3.05) is 20.2 Å². The number of nitrogens with zero attached hydrogens (tertiary/aromatic N) is 1. The van der Waals surface area contributed by atoms with Crippen LogP contribution in [0.25, 0.3) is 0 Å². The summed E-state index contributed by atoms with van der Waals surface area (Å²) < 4.78 is 51.6. The molecule has 1 aromatic heterocycles. The van der Waals surface area contributed by atoms with Gasteiger partial charge in [-0.25, -0.2) is 18.5 Å². The summed E-state index contributed by atoms with van der Waals surface area (Å²) in [5.74, 6) is 5.18. The van der Waals surface area contributed by atoms with Crippen molar-refractivity contribution in [1.29, 1.82) is 0 Å². The minimum atomic E-state index is -5.70. The Hall–Kier alpha value is -1.47. The average Bonchev–Trinajstić information content (AvgIpc) is 2.99. The topological polar surface area (TPSA) is 256 Å². The largest absolute Gasteiger partial charge is 0.490 e. The number of hydrogen-bond acceptors (Lipinski definition) is 11. The first-order chi connectivity index (χ1) is 15.1. The maximum Gasteiger partial charge on any atom is 0.490 e. The number of nitrogens with one attached hydrogen (secondary N) is 2. The number of aromatic nitrogens is 2. The van der Waals surface area contributed by atoms with Crippen LogP contribution in [0.1, 0.15) is 18.2 Å². The predicted octanol–water partition coefficient (Wildman–Crippen LogP) is -1.90. The van der Waals surface area contributed by atoms with Gasteiger partial charge in [0.2, 0.25) is 0 Å². The monoisotopic (exact) mass is 535 g/mol. The molecule has 20 heteroatoms. The van der Waals surface area contributed by atoms with Crippen LogP contribution in [-0.2, 0) is 31.6 Å². The van der Waals surface area contributed by atoms with E-state index in [2.05, 4.69) is 30.3 Å². The molecule has 1 aliphatic rings. The smallest absolute Gasteiger partial charge is 0.390 e. The van der Waals surface area contributed by atoms with Gasteiger partial charge in [0.05, 0.1) is 19.3 Å². The lowest BCUT2D eigenvalue weighted by molar-refractivity contribution is -0.0450. The fourth-order valence-electron chi connectivity index (χ4n) is 2.52. The molecule has 33 heavy (non-hydrogen) atoms. The third kappa shape index (κ3) is 8.67. The highest BCUT2D eigenvalue weighted by Crippen LogP contribution is 2.66.